The van der Waals surface area contributed by atoms with Gasteiger partial charge in [-0.25, -0.2) is 4.39 Å². The molecule has 21 heavy (non-hydrogen) atoms. The van der Waals surface area contributed by atoms with E-state index in [1.807, 2.05) is 0 Å². The van der Waals surface area contributed by atoms with Crippen LogP contribution in [0.2, 0.25) is 0 Å². The summed E-state index contributed by atoms with van der Waals surface area (Å²) in [6, 6.07) is 2.50. The quantitative estimate of drug-likeness (QED) is 0.781. The van der Waals surface area contributed by atoms with Gasteiger partial charge in [0.15, 0.2) is 11.6 Å². The summed E-state index contributed by atoms with van der Waals surface area (Å²) in [6.07, 6.45) is 1.40. The lowest BCUT2D eigenvalue weighted by atomic mass is 10.2. The molecular weight excluding hydrogens is 279 g/mol. The molecule has 1 heterocycles. The van der Waals surface area contributed by atoms with Gasteiger partial charge in [0.25, 0.3) is 5.56 Å². The van der Waals surface area contributed by atoms with E-state index >= 15 is 0 Å². The molecule has 112 valence electrons. The van der Waals surface area contributed by atoms with Crippen LogP contribution in [0.5, 0.6) is 5.75 Å². The van der Waals surface area contributed by atoms with E-state index in [2.05, 4.69) is 4.98 Å². The van der Waals surface area contributed by atoms with Gasteiger partial charge < -0.3 is 14.0 Å². The summed E-state index contributed by atoms with van der Waals surface area (Å²) in [7, 11) is 1.32. The van der Waals surface area contributed by atoms with Gasteiger partial charge in [0, 0.05) is 12.6 Å². The third-order valence-electron chi connectivity index (χ3n) is 2.99. The predicted octanol–water partition coefficient (Wildman–Crippen LogP) is 1.50. The van der Waals surface area contributed by atoms with Crippen LogP contribution in [0.4, 0.5) is 4.39 Å². The van der Waals surface area contributed by atoms with Crippen LogP contribution in [0.1, 0.15) is 13.3 Å². The molecule has 0 radical (unpaired) electrons. The number of halogens is 1. The minimum Gasteiger partial charge on any atom is -0.494 e. The molecule has 0 atom stereocenters. The predicted molar refractivity (Wildman–Crippen MR) is 73.8 cm³/mol. The Balaban J connectivity index is 2.41. The average molecular weight is 294 g/mol. The Labute approximate surface area is 120 Å². The third-order valence-corrected chi connectivity index (χ3v) is 2.99. The van der Waals surface area contributed by atoms with Crippen molar-refractivity contribution in [3.8, 4) is 5.75 Å². The molecule has 0 spiro atoms. The summed E-state index contributed by atoms with van der Waals surface area (Å²) in [5.41, 5.74) is -0.117. The van der Waals surface area contributed by atoms with Gasteiger partial charge in [0.2, 0.25) is 0 Å². The maximum atomic E-state index is 13.8. The van der Waals surface area contributed by atoms with Gasteiger partial charge in [-0.05, 0) is 13.0 Å². The maximum Gasteiger partial charge on any atom is 0.307 e. The van der Waals surface area contributed by atoms with Crippen LogP contribution in [-0.4, -0.2) is 29.2 Å². The molecule has 7 heteroatoms. The Hall–Kier alpha value is -2.44. The van der Waals surface area contributed by atoms with Crippen molar-refractivity contribution < 1.29 is 18.7 Å². The van der Waals surface area contributed by atoms with Crippen LogP contribution in [-0.2, 0) is 16.1 Å². The molecule has 6 nitrogen and oxygen atoms in total. The van der Waals surface area contributed by atoms with Crippen LogP contribution >= 0.6 is 0 Å². The molecule has 1 aromatic carbocycles. The molecule has 1 aromatic heterocycles. The highest BCUT2D eigenvalue weighted by Crippen LogP contribution is 2.22. The number of ether oxygens (including phenoxy) is 2. The van der Waals surface area contributed by atoms with Crippen molar-refractivity contribution in [2.75, 3.05) is 13.7 Å². The van der Waals surface area contributed by atoms with E-state index in [0.29, 0.717) is 12.1 Å². The van der Waals surface area contributed by atoms with Gasteiger partial charge in [-0.3, -0.25) is 9.59 Å². The second kappa shape index (κ2) is 6.34. The van der Waals surface area contributed by atoms with Gasteiger partial charge in [-0.1, -0.05) is 0 Å². The molecule has 0 saturated carbocycles. The molecule has 0 aliphatic heterocycles. The average Bonchev–Trinajstić information content (AvgIpc) is 2.46. The smallest absolute Gasteiger partial charge is 0.307 e. The number of fused-ring (bicyclic) bond motifs is 1. The van der Waals surface area contributed by atoms with E-state index in [9.17, 15) is 14.0 Å². The molecule has 0 saturated heterocycles. The molecule has 0 N–H and O–H groups in total. The van der Waals surface area contributed by atoms with Crippen LogP contribution in [0, 0.1) is 5.82 Å². The minimum absolute atomic E-state index is 0.0236. The highest BCUT2D eigenvalue weighted by Gasteiger charge is 2.11. The SMILES string of the molecule is CCOC(=O)CCn1cnc(=O)c2cc(OC)c(F)cc21. The number of carbonyl (C=O) groups is 1. The van der Waals surface area contributed by atoms with Crippen LogP contribution in [0.3, 0.4) is 0 Å². The van der Waals surface area contributed by atoms with E-state index in [0.717, 1.165) is 0 Å². The molecule has 0 aliphatic carbocycles. The molecule has 0 bridgehead atoms. The number of aromatic nitrogens is 2. The second-order valence-electron chi connectivity index (χ2n) is 4.30. The van der Waals surface area contributed by atoms with Gasteiger partial charge in [0.05, 0.1) is 37.4 Å². The first-order chi connectivity index (χ1) is 10.1. The van der Waals surface area contributed by atoms with Crippen LogP contribution in [0.25, 0.3) is 10.9 Å². The van der Waals surface area contributed by atoms with E-state index in [4.69, 9.17) is 9.47 Å². The summed E-state index contributed by atoms with van der Waals surface area (Å²) in [6.45, 7) is 2.26. The lowest BCUT2D eigenvalue weighted by molar-refractivity contribution is -0.143. The monoisotopic (exact) mass is 294 g/mol. The van der Waals surface area contributed by atoms with E-state index in [-0.39, 0.29) is 30.1 Å². The van der Waals surface area contributed by atoms with Crippen molar-refractivity contribution in [2.45, 2.75) is 19.9 Å². The number of nitrogens with zero attached hydrogens (tertiary/aromatic N) is 2. The van der Waals surface area contributed by atoms with Gasteiger partial charge in [0.1, 0.15) is 0 Å². The molecule has 2 aromatic rings. The summed E-state index contributed by atoms with van der Waals surface area (Å²) >= 11 is 0. The summed E-state index contributed by atoms with van der Waals surface area (Å²) in [5, 5.41) is 0.236. The zero-order chi connectivity index (χ0) is 15.4. The number of carbonyl (C=O) groups excluding carboxylic acids is 1. The van der Waals surface area contributed by atoms with Crippen molar-refractivity contribution in [2.24, 2.45) is 0 Å². The number of aryl methyl sites for hydroxylation is 1. The second-order valence-corrected chi connectivity index (χ2v) is 4.30. The van der Waals surface area contributed by atoms with Crippen molar-refractivity contribution in [1.82, 2.24) is 9.55 Å². The Bertz CT molecular complexity index is 727. The Kier molecular flexibility index (Phi) is 4.52. The van der Waals surface area contributed by atoms with Gasteiger partial charge in [-0.2, -0.15) is 4.98 Å². The van der Waals surface area contributed by atoms with Crippen molar-refractivity contribution >= 4 is 16.9 Å². The zero-order valence-corrected chi connectivity index (χ0v) is 11.8. The summed E-state index contributed by atoms with van der Waals surface area (Å²) in [4.78, 5) is 26.8. The fourth-order valence-corrected chi connectivity index (χ4v) is 1.99. The highest BCUT2D eigenvalue weighted by atomic mass is 19.1. The van der Waals surface area contributed by atoms with Crippen molar-refractivity contribution in [1.29, 1.82) is 0 Å². The standard InChI is InChI=1S/C14H15FN2O4/c1-3-21-13(18)4-5-17-8-16-14(19)9-6-12(20-2)10(15)7-11(9)17/h6-8H,3-5H2,1-2H3. The summed E-state index contributed by atoms with van der Waals surface area (Å²) < 4.78 is 25.0. The first-order valence-corrected chi connectivity index (χ1v) is 6.45. The maximum absolute atomic E-state index is 13.8. The van der Waals surface area contributed by atoms with E-state index in [1.54, 1.807) is 6.92 Å². The molecule has 0 amide bonds. The fraction of sp³-hybridized carbons (Fsp3) is 0.357. The first-order valence-electron chi connectivity index (χ1n) is 6.45. The first kappa shape index (κ1) is 15.0. The largest absolute Gasteiger partial charge is 0.494 e. The Morgan fingerprint density at radius 3 is 2.86 bits per heavy atom. The number of methoxy groups -OCH3 is 1. The molecular formula is C14H15FN2O4. The van der Waals surface area contributed by atoms with E-state index < -0.39 is 11.4 Å². The third kappa shape index (κ3) is 3.18. The van der Waals surface area contributed by atoms with Gasteiger partial charge >= 0.3 is 5.97 Å². The minimum atomic E-state index is -0.583. The van der Waals surface area contributed by atoms with Crippen molar-refractivity contribution in [3.63, 3.8) is 0 Å². The Morgan fingerprint density at radius 2 is 2.19 bits per heavy atom. The number of hydrogen-bond acceptors (Lipinski definition) is 5. The Morgan fingerprint density at radius 1 is 1.43 bits per heavy atom. The molecule has 0 unspecified atom stereocenters. The summed E-state index contributed by atoms with van der Waals surface area (Å²) in [5.74, 6) is -0.969. The molecule has 2 rings (SSSR count). The number of esters is 1. The van der Waals surface area contributed by atoms with Crippen LogP contribution < -0.4 is 10.3 Å². The molecule has 0 aliphatic rings. The number of benzene rings is 1. The van der Waals surface area contributed by atoms with Crippen LogP contribution in [0.15, 0.2) is 23.3 Å². The number of hydrogen-bond donors (Lipinski definition) is 0. The van der Waals surface area contributed by atoms with Crippen molar-refractivity contribution in [3.05, 3.63) is 34.6 Å². The lowest BCUT2D eigenvalue weighted by Crippen LogP contribution is -2.15. The topological polar surface area (TPSA) is 70.4 Å². The normalized spacial score (nSPS) is 10.6. The van der Waals surface area contributed by atoms with Gasteiger partial charge in [-0.15, -0.1) is 0 Å². The molecule has 0 fully saturated rings. The highest BCUT2D eigenvalue weighted by molar-refractivity contribution is 5.80. The lowest BCUT2D eigenvalue weighted by Gasteiger charge is -2.11. The fourth-order valence-electron chi connectivity index (χ4n) is 1.99. The van der Waals surface area contributed by atoms with E-state index in [1.165, 1.54) is 30.1 Å². The number of rotatable bonds is 5. The zero-order valence-electron chi connectivity index (χ0n) is 11.8.